The van der Waals surface area contributed by atoms with E-state index in [0.29, 0.717) is 5.70 Å². The lowest BCUT2D eigenvalue weighted by atomic mass is 10.2. The molecule has 0 fully saturated rings. The maximum Gasteiger partial charge on any atom is 0.335 e. The summed E-state index contributed by atoms with van der Waals surface area (Å²) in [5.74, 6) is -1.19. The number of nitrogens with one attached hydrogen (secondary N) is 1. The summed E-state index contributed by atoms with van der Waals surface area (Å²) >= 11 is 0. The Kier molecular flexibility index (Phi) is 4.76. The summed E-state index contributed by atoms with van der Waals surface area (Å²) in [4.78, 5) is 12.6. The molecule has 23 heavy (non-hydrogen) atoms. The second kappa shape index (κ2) is 6.43. The molecule has 1 aliphatic rings. The SMILES string of the molecule is COC1C(NS(=O)(=O)c2cccc(C(=O)O)c2)=CC(C)=CN1C. The molecule has 1 aromatic carbocycles. The molecule has 0 saturated carbocycles. The first kappa shape index (κ1) is 17.0. The molecule has 1 aromatic rings. The predicted molar refractivity (Wildman–Crippen MR) is 84.1 cm³/mol. The number of hydrogen-bond donors (Lipinski definition) is 2. The minimum atomic E-state index is -3.92. The van der Waals surface area contributed by atoms with Crippen LogP contribution in [0.15, 0.2) is 52.7 Å². The number of sulfonamides is 1. The van der Waals surface area contributed by atoms with E-state index < -0.39 is 22.2 Å². The van der Waals surface area contributed by atoms with Crippen LogP contribution in [0.4, 0.5) is 0 Å². The van der Waals surface area contributed by atoms with Crippen LogP contribution in [-0.4, -0.2) is 44.8 Å². The first-order valence-electron chi connectivity index (χ1n) is 6.75. The molecule has 2 rings (SSSR count). The molecule has 2 N–H and O–H groups in total. The molecule has 1 atom stereocenters. The summed E-state index contributed by atoms with van der Waals surface area (Å²) in [7, 11) is -0.678. The normalized spacial score (nSPS) is 18.2. The first-order chi connectivity index (χ1) is 10.7. The van der Waals surface area contributed by atoms with Crippen LogP contribution >= 0.6 is 0 Å². The number of carboxylic acids is 1. The third-order valence-electron chi connectivity index (χ3n) is 3.29. The summed E-state index contributed by atoms with van der Waals surface area (Å²) in [6.45, 7) is 1.84. The van der Waals surface area contributed by atoms with Gasteiger partial charge in [0.05, 0.1) is 16.2 Å². The van der Waals surface area contributed by atoms with Gasteiger partial charge in [-0.3, -0.25) is 4.72 Å². The highest BCUT2D eigenvalue weighted by atomic mass is 32.2. The van der Waals surface area contributed by atoms with Crippen LogP contribution in [0, 0.1) is 0 Å². The first-order valence-corrected chi connectivity index (χ1v) is 8.24. The van der Waals surface area contributed by atoms with Gasteiger partial charge >= 0.3 is 5.97 Å². The molecule has 0 bridgehead atoms. The van der Waals surface area contributed by atoms with Crippen LogP contribution in [0.1, 0.15) is 17.3 Å². The molecule has 0 saturated heterocycles. The molecule has 0 amide bonds. The molecular weight excluding hydrogens is 320 g/mol. The van der Waals surface area contributed by atoms with Gasteiger partial charge in [0.25, 0.3) is 10.0 Å². The highest BCUT2D eigenvalue weighted by Gasteiger charge is 2.26. The minimum Gasteiger partial charge on any atom is -0.478 e. The van der Waals surface area contributed by atoms with E-state index in [1.54, 1.807) is 18.0 Å². The average molecular weight is 338 g/mol. The summed E-state index contributed by atoms with van der Waals surface area (Å²) < 4.78 is 32.8. The smallest absolute Gasteiger partial charge is 0.335 e. The van der Waals surface area contributed by atoms with Crippen molar-refractivity contribution in [2.75, 3.05) is 14.2 Å². The zero-order valence-electron chi connectivity index (χ0n) is 13.0. The van der Waals surface area contributed by atoms with Crippen molar-refractivity contribution in [1.82, 2.24) is 9.62 Å². The molecule has 0 aliphatic carbocycles. The predicted octanol–water partition coefficient (Wildman–Crippen LogP) is 1.37. The quantitative estimate of drug-likeness (QED) is 0.842. The number of hydrogen-bond acceptors (Lipinski definition) is 5. The van der Waals surface area contributed by atoms with Gasteiger partial charge < -0.3 is 14.7 Å². The maximum absolute atomic E-state index is 12.5. The monoisotopic (exact) mass is 338 g/mol. The third-order valence-corrected chi connectivity index (χ3v) is 4.67. The van der Waals surface area contributed by atoms with Crippen LogP contribution in [0.25, 0.3) is 0 Å². The van der Waals surface area contributed by atoms with Gasteiger partial charge in [0.2, 0.25) is 0 Å². The molecule has 8 heteroatoms. The average Bonchev–Trinajstić information content (AvgIpc) is 2.46. The Morgan fingerprint density at radius 3 is 2.70 bits per heavy atom. The Hall–Kier alpha value is -2.32. The fourth-order valence-corrected chi connectivity index (χ4v) is 3.47. The standard InChI is InChI=1S/C15H18N2O5S/c1-10-7-13(14(22-3)17(2)9-10)16-23(20,21)12-6-4-5-11(8-12)15(18)19/h4-9,14,16H,1-3H3,(H,18,19). The van der Waals surface area contributed by atoms with Gasteiger partial charge in [0.1, 0.15) is 0 Å². The molecule has 1 heterocycles. The van der Waals surface area contributed by atoms with Crippen LogP contribution in [0.3, 0.4) is 0 Å². The lowest BCUT2D eigenvalue weighted by Crippen LogP contribution is -2.40. The molecule has 0 aromatic heterocycles. The van der Waals surface area contributed by atoms with Gasteiger partial charge in [-0.25, -0.2) is 13.2 Å². The molecule has 0 spiro atoms. The molecule has 7 nitrogen and oxygen atoms in total. The van der Waals surface area contributed by atoms with Crippen molar-refractivity contribution in [3.63, 3.8) is 0 Å². The summed E-state index contributed by atoms with van der Waals surface area (Å²) in [5, 5.41) is 8.99. The topological polar surface area (TPSA) is 95.9 Å². The number of likely N-dealkylation sites (N-methyl/N-ethyl adjacent to an activating group) is 1. The van der Waals surface area contributed by atoms with Crippen LogP contribution < -0.4 is 4.72 Å². The van der Waals surface area contributed by atoms with E-state index in [0.717, 1.165) is 11.6 Å². The number of aromatic carboxylic acids is 1. The van der Waals surface area contributed by atoms with E-state index in [1.807, 2.05) is 13.1 Å². The van der Waals surface area contributed by atoms with Crippen LogP contribution in [-0.2, 0) is 14.8 Å². The highest BCUT2D eigenvalue weighted by molar-refractivity contribution is 7.89. The molecule has 0 radical (unpaired) electrons. The van der Waals surface area contributed by atoms with Gasteiger partial charge in [-0.1, -0.05) is 6.07 Å². The number of benzene rings is 1. The van der Waals surface area contributed by atoms with E-state index in [4.69, 9.17) is 9.84 Å². The Morgan fingerprint density at radius 2 is 2.09 bits per heavy atom. The Labute approximate surface area is 134 Å². The number of carboxylic acid groups (broad SMARTS) is 1. The van der Waals surface area contributed by atoms with Crippen molar-refractivity contribution >= 4 is 16.0 Å². The summed E-state index contributed by atoms with van der Waals surface area (Å²) in [6, 6.07) is 5.17. The number of methoxy groups -OCH3 is 1. The molecule has 1 aliphatic heterocycles. The number of rotatable bonds is 5. The van der Waals surface area contributed by atoms with E-state index in [9.17, 15) is 13.2 Å². The fourth-order valence-electron chi connectivity index (χ4n) is 2.35. The van der Waals surface area contributed by atoms with Crippen molar-refractivity contribution in [2.45, 2.75) is 18.0 Å². The van der Waals surface area contributed by atoms with Crippen molar-refractivity contribution in [3.8, 4) is 0 Å². The third kappa shape index (κ3) is 3.72. The van der Waals surface area contributed by atoms with Crippen molar-refractivity contribution in [3.05, 3.63) is 53.4 Å². The zero-order chi connectivity index (χ0) is 17.2. The van der Waals surface area contributed by atoms with Crippen molar-refractivity contribution < 1.29 is 23.1 Å². The van der Waals surface area contributed by atoms with Gasteiger partial charge in [0, 0.05) is 20.4 Å². The molecule has 1 unspecified atom stereocenters. The number of nitrogens with zero attached hydrogens (tertiary/aromatic N) is 1. The van der Waals surface area contributed by atoms with Gasteiger partial charge in [-0.15, -0.1) is 0 Å². The number of carbonyl (C=O) groups is 1. The van der Waals surface area contributed by atoms with E-state index >= 15 is 0 Å². The van der Waals surface area contributed by atoms with Gasteiger partial charge in [0.15, 0.2) is 6.23 Å². The Balaban J connectivity index is 2.36. The Bertz CT molecular complexity index is 783. The number of allylic oxidation sites excluding steroid dienone is 2. The lowest BCUT2D eigenvalue weighted by molar-refractivity contribution is 0.0317. The van der Waals surface area contributed by atoms with E-state index in [-0.39, 0.29) is 10.5 Å². The Morgan fingerprint density at radius 1 is 1.39 bits per heavy atom. The van der Waals surface area contributed by atoms with Crippen molar-refractivity contribution in [1.29, 1.82) is 0 Å². The zero-order valence-corrected chi connectivity index (χ0v) is 13.8. The summed E-state index contributed by atoms with van der Waals surface area (Å²) in [6.07, 6.45) is 2.93. The molecule has 124 valence electrons. The van der Waals surface area contributed by atoms with Crippen LogP contribution in [0.5, 0.6) is 0 Å². The van der Waals surface area contributed by atoms with Gasteiger partial charge in [-0.05, 0) is 36.8 Å². The van der Waals surface area contributed by atoms with E-state index in [1.165, 1.54) is 25.3 Å². The van der Waals surface area contributed by atoms with Crippen molar-refractivity contribution in [2.24, 2.45) is 0 Å². The fraction of sp³-hybridized carbons (Fsp3) is 0.267. The maximum atomic E-state index is 12.5. The minimum absolute atomic E-state index is 0.0954. The molecular formula is C15H18N2O5S. The largest absolute Gasteiger partial charge is 0.478 e. The summed E-state index contributed by atoms with van der Waals surface area (Å²) in [5.41, 5.74) is 1.12. The number of ether oxygens (including phenoxy) is 1. The lowest BCUT2D eigenvalue weighted by Gasteiger charge is -2.31. The van der Waals surface area contributed by atoms with E-state index in [2.05, 4.69) is 4.72 Å². The second-order valence-electron chi connectivity index (χ2n) is 5.16. The second-order valence-corrected chi connectivity index (χ2v) is 6.85. The highest BCUT2D eigenvalue weighted by Crippen LogP contribution is 2.20. The van der Waals surface area contributed by atoms with Crippen LogP contribution in [0.2, 0.25) is 0 Å². The van der Waals surface area contributed by atoms with Gasteiger partial charge in [-0.2, -0.15) is 0 Å².